The minimum Gasteiger partial charge on any atom is -0.309 e. The molecule has 0 aliphatic carbocycles. The van der Waals surface area contributed by atoms with E-state index in [0.29, 0.717) is 35.2 Å². The zero-order valence-corrected chi connectivity index (χ0v) is 47.3. The van der Waals surface area contributed by atoms with Crippen LogP contribution in [-0.4, -0.2) is 29.9 Å². The van der Waals surface area contributed by atoms with Crippen molar-refractivity contribution in [3.8, 4) is 67.8 Å². The molecule has 0 fully saturated rings. The number of nitrogens with zero attached hydrogens (tertiary/aromatic N) is 8. The van der Waals surface area contributed by atoms with Gasteiger partial charge in [-0.1, -0.05) is 205 Å². The maximum atomic E-state index is 5.65. The molecule has 394 valence electrons. The van der Waals surface area contributed by atoms with Crippen LogP contribution in [0.15, 0.2) is 212 Å². The molecule has 0 saturated carbocycles. The molecule has 0 amide bonds. The quantitative estimate of drug-likeness (QED) is 0.120. The van der Waals surface area contributed by atoms with Crippen molar-refractivity contribution in [2.75, 3.05) is 9.80 Å². The maximum absolute atomic E-state index is 5.65. The van der Waals surface area contributed by atoms with Crippen molar-refractivity contribution in [3.05, 3.63) is 262 Å². The fraction of sp³-hybridized carbons (Fsp3) is 0.123. The van der Waals surface area contributed by atoms with Crippen LogP contribution < -0.4 is 9.80 Å². The molecule has 12 rings (SSSR count). The molecule has 0 atom stereocenters. The Morgan fingerprint density at radius 2 is 0.704 bits per heavy atom. The molecule has 0 aliphatic heterocycles. The van der Waals surface area contributed by atoms with Gasteiger partial charge in [0.05, 0.1) is 17.1 Å². The summed E-state index contributed by atoms with van der Waals surface area (Å²) in [7, 11) is 0. The Morgan fingerprint density at radius 3 is 1.25 bits per heavy atom. The van der Waals surface area contributed by atoms with Crippen LogP contribution >= 0.6 is 0 Å². The lowest BCUT2D eigenvalue weighted by Crippen LogP contribution is -2.22. The smallest absolute Gasteiger partial charge is 0.241 e. The lowest BCUT2D eigenvalue weighted by molar-refractivity contribution is 0.956. The SMILES string of the molecule is Cc1cc(C)c(N(c2cc(C)c(N(c3nc(-c4ccccc4)nc(-c4cccc(-c5ccccc5)c4)n3)c3nc(-c4ccccc4)nc(-c4ccc5ccccc5c4-c4ccccc4)n3)c(C)c2C)c2c(C)cc(C)cc2C)c(C)c1. The number of aromatic nitrogens is 6. The number of aryl methyl sites for hydroxylation is 7. The van der Waals surface area contributed by atoms with Gasteiger partial charge in [0.1, 0.15) is 0 Å². The van der Waals surface area contributed by atoms with Gasteiger partial charge >= 0.3 is 0 Å². The van der Waals surface area contributed by atoms with Crippen molar-refractivity contribution in [2.24, 2.45) is 0 Å². The Morgan fingerprint density at radius 1 is 0.284 bits per heavy atom. The third-order valence-corrected chi connectivity index (χ3v) is 15.4. The predicted molar refractivity (Wildman–Crippen MR) is 335 cm³/mol. The second-order valence-electron chi connectivity index (χ2n) is 21.3. The van der Waals surface area contributed by atoms with Gasteiger partial charge in [-0.3, -0.25) is 0 Å². The highest BCUT2D eigenvalue weighted by Gasteiger charge is 2.31. The summed E-state index contributed by atoms with van der Waals surface area (Å²) in [5.74, 6) is 2.73. The van der Waals surface area contributed by atoms with E-state index < -0.39 is 0 Å². The predicted octanol–water partition coefficient (Wildman–Crippen LogP) is 18.9. The minimum atomic E-state index is 0.353. The van der Waals surface area contributed by atoms with E-state index in [1.807, 2.05) is 66.7 Å². The van der Waals surface area contributed by atoms with Gasteiger partial charge in [0, 0.05) is 33.5 Å². The van der Waals surface area contributed by atoms with Crippen LogP contribution in [0.4, 0.5) is 34.6 Å². The van der Waals surface area contributed by atoms with Gasteiger partial charge in [0.25, 0.3) is 0 Å². The molecule has 0 spiro atoms. The minimum absolute atomic E-state index is 0.353. The van der Waals surface area contributed by atoms with Gasteiger partial charge < -0.3 is 4.90 Å². The molecular formula is C73H62N8. The molecule has 0 radical (unpaired) electrons. The topological polar surface area (TPSA) is 83.8 Å². The summed E-state index contributed by atoms with van der Waals surface area (Å²) >= 11 is 0. The summed E-state index contributed by atoms with van der Waals surface area (Å²) in [5, 5.41) is 2.21. The van der Waals surface area contributed by atoms with E-state index in [-0.39, 0.29) is 0 Å². The third kappa shape index (κ3) is 10.0. The molecule has 8 heteroatoms. The fourth-order valence-corrected chi connectivity index (χ4v) is 11.8. The van der Waals surface area contributed by atoms with Crippen LogP contribution in [0.25, 0.3) is 78.6 Å². The maximum Gasteiger partial charge on any atom is 0.241 e. The van der Waals surface area contributed by atoms with E-state index in [2.05, 4.69) is 218 Å². The van der Waals surface area contributed by atoms with Gasteiger partial charge in [-0.2, -0.15) is 19.9 Å². The monoisotopic (exact) mass is 1050 g/mol. The van der Waals surface area contributed by atoms with E-state index in [0.717, 1.165) is 94.7 Å². The fourth-order valence-electron chi connectivity index (χ4n) is 11.8. The van der Waals surface area contributed by atoms with Gasteiger partial charge in [0.2, 0.25) is 11.9 Å². The molecule has 0 unspecified atom stereocenters. The van der Waals surface area contributed by atoms with E-state index >= 15 is 0 Å². The molecule has 10 aromatic carbocycles. The number of rotatable bonds is 12. The van der Waals surface area contributed by atoms with E-state index in [4.69, 9.17) is 29.9 Å². The molecule has 81 heavy (non-hydrogen) atoms. The van der Waals surface area contributed by atoms with Crippen molar-refractivity contribution in [1.29, 1.82) is 0 Å². The summed E-state index contributed by atoms with van der Waals surface area (Å²) in [6, 6.07) is 73.9. The summed E-state index contributed by atoms with van der Waals surface area (Å²) in [5.41, 5.74) is 22.1. The van der Waals surface area contributed by atoms with Crippen LogP contribution in [0.3, 0.4) is 0 Å². The Bertz CT molecular complexity index is 4230. The zero-order chi connectivity index (χ0) is 55.9. The Kier molecular flexibility index (Phi) is 13.9. The Hall–Kier alpha value is -9.92. The second kappa shape index (κ2) is 21.7. The number of benzene rings is 10. The number of hydrogen-bond acceptors (Lipinski definition) is 8. The first-order valence-corrected chi connectivity index (χ1v) is 27.6. The van der Waals surface area contributed by atoms with Crippen LogP contribution in [0.5, 0.6) is 0 Å². The summed E-state index contributed by atoms with van der Waals surface area (Å²) in [4.78, 5) is 37.5. The first-order valence-electron chi connectivity index (χ1n) is 27.6. The van der Waals surface area contributed by atoms with Crippen LogP contribution in [0.1, 0.15) is 50.1 Å². The molecule has 0 aliphatic rings. The highest BCUT2D eigenvalue weighted by atomic mass is 15.4. The largest absolute Gasteiger partial charge is 0.309 e. The average Bonchev–Trinajstić information content (AvgIpc) is 3.57. The molecule has 2 aromatic heterocycles. The second-order valence-corrected chi connectivity index (χ2v) is 21.3. The van der Waals surface area contributed by atoms with Gasteiger partial charge in [0.15, 0.2) is 23.3 Å². The van der Waals surface area contributed by atoms with Crippen LogP contribution in [-0.2, 0) is 0 Å². The summed E-state index contributed by atoms with van der Waals surface area (Å²) < 4.78 is 0. The molecule has 0 bridgehead atoms. The summed E-state index contributed by atoms with van der Waals surface area (Å²) in [6.45, 7) is 19.9. The van der Waals surface area contributed by atoms with E-state index in [1.54, 1.807) is 0 Å². The van der Waals surface area contributed by atoms with E-state index in [1.165, 1.54) is 33.4 Å². The molecule has 0 N–H and O–H groups in total. The Balaban J connectivity index is 1.18. The van der Waals surface area contributed by atoms with Gasteiger partial charge in [-0.15, -0.1) is 0 Å². The molecular weight excluding hydrogens is 989 g/mol. The lowest BCUT2D eigenvalue weighted by Gasteiger charge is -2.35. The van der Waals surface area contributed by atoms with E-state index in [9.17, 15) is 0 Å². The number of anilines is 6. The molecule has 2 heterocycles. The number of hydrogen-bond donors (Lipinski definition) is 0. The summed E-state index contributed by atoms with van der Waals surface area (Å²) in [6.07, 6.45) is 0. The van der Waals surface area contributed by atoms with Gasteiger partial charge in [-0.25, -0.2) is 14.9 Å². The molecule has 0 saturated heterocycles. The first-order chi connectivity index (χ1) is 39.4. The molecule has 8 nitrogen and oxygen atoms in total. The van der Waals surface area contributed by atoms with Gasteiger partial charge in [-0.05, 0) is 147 Å². The lowest BCUT2D eigenvalue weighted by atomic mass is 9.93. The van der Waals surface area contributed by atoms with Crippen molar-refractivity contribution in [2.45, 2.75) is 62.3 Å². The zero-order valence-electron chi connectivity index (χ0n) is 47.3. The molecule has 12 aromatic rings. The van der Waals surface area contributed by atoms with Crippen LogP contribution in [0, 0.1) is 62.3 Å². The highest BCUT2D eigenvalue weighted by molar-refractivity contribution is 6.03. The van der Waals surface area contributed by atoms with Crippen molar-refractivity contribution in [1.82, 2.24) is 29.9 Å². The first kappa shape index (κ1) is 51.8. The normalized spacial score (nSPS) is 11.3. The van der Waals surface area contributed by atoms with Crippen molar-refractivity contribution < 1.29 is 0 Å². The van der Waals surface area contributed by atoms with Crippen LogP contribution in [0.2, 0.25) is 0 Å². The average molecular weight is 1050 g/mol. The van der Waals surface area contributed by atoms with Crippen molar-refractivity contribution >= 4 is 45.4 Å². The standard InChI is InChI=1S/C73H62N8/c1-45-39-47(3)65(48(4)40-45)80(66-49(5)41-46(2)42-50(66)6)63-43-51(7)67(53(9)52(63)8)81(72-76-68(57-30-18-12-19-31-57)74-70(78-72)60-35-24-34-59(44-60)54-25-14-10-15-26-54)73-77-69(58-32-20-13-21-33-58)75-71(79-73)62-38-37-55-27-22-23-36-61(55)64(62)56-28-16-11-17-29-56/h10-44H,1-9H3. The van der Waals surface area contributed by atoms with Crippen molar-refractivity contribution in [3.63, 3.8) is 0 Å². The highest BCUT2D eigenvalue weighted by Crippen LogP contribution is 2.49. The Labute approximate surface area is 475 Å². The third-order valence-electron chi connectivity index (χ3n) is 15.4. The number of fused-ring (bicyclic) bond motifs is 1.